The summed E-state index contributed by atoms with van der Waals surface area (Å²) < 4.78 is 0. The molecule has 0 atom stereocenters. The van der Waals surface area contributed by atoms with Crippen molar-refractivity contribution < 1.29 is 79.2 Å². The Hall–Kier alpha value is -1.40. The summed E-state index contributed by atoms with van der Waals surface area (Å²) in [4.78, 5) is 86.9. The van der Waals surface area contributed by atoms with Crippen LogP contribution in [0.1, 0.15) is 12.8 Å². The van der Waals surface area contributed by atoms with E-state index in [4.69, 9.17) is 40.9 Å². The first-order chi connectivity index (χ1) is 18.4. The number of carbonyl (C=O) groups is 8. The number of aliphatic carboxylic acids is 8. The standard InChI is InChI=1S/2C10H16N2O8.3Na.3H/c13-6(14)1-10(2-7(15)16,12-4-9(19)20)5-11-3-8(17)18;13-7(14)3-11(4-8(15)16)1-2-12(5-9(17)18)6-10(19)20;;;;;;/h11-12H,1-5H2,(H,13,14)(H,15,16)(H,17,18)(H,19,20);1-6H2,(H,13,14)(H,15,16)(H,17,18)(H,19,20);;;;;;. The maximum atomic E-state index is 10.8. The van der Waals surface area contributed by atoms with Gasteiger partial charge in [-0.3, -0.25) is 53.5 Å². The summed E-state index contributed by atoms with van der Waals surface area (Å²) in [6, 6.07) is 0. The maximum absolute atomic E-state index is 10.8. The van der Waals surface area contributed by atoms with E-state index in [2.05, 4.69) is 10.6 Å². The van der Waals surface area contributed by atoms with Crippen LogP contribution in [0.25, 0.3) is 0 Å². The van der Waals surface area contributed by atoms with Crippen molar-refractivity contribution in [1.29, 1.82) is 0 Å². The van der Waals surface area contributed by atoms with Crippen LogP contribution in [0, 0.1) is 0 Å². The van der Waals surface area contributed by atoms with E-state index in [1.165, 1.54) is 0 Å². The molecule has 0 aromatic rings. The molecular weight excluding hydrogens is 621 g/mol. The number of nitrogens with one attached hydrogen (secondary N) is 2. The summed E-state index contributed by atoms with van der Waals surface area (Å²) in [6.07, 6.45) is -1.33. The second-order valence-corrected chi connectivity index (χ2v) is 8.16. The van der Waals surface area contributed by atoms with Gasteiger partial charge in [0.15, 0.2) is 0 Å². The van der Waals surface area contributed by atoms with E-state index in [1.807, 2.05) is 0 Å². The Balaban J connectivity index is -0.000000209. The molecule has 0 heterocycles. The molecular formula is C20H35N4Na3O16. The molecule has 234 valence electrons. The van der Waals surface area contributed by atoms with Gasteiger partial charge in [0.1, 0.15) is 0 Å². The first-order valence-electron chi connectivity index (χ1n) is 11.0. The fourth-order valence-corrected chi connectivity index (χ4v) is 3.10. The fraction of sp³-hybridized carbons (Fsp3) is 0.600. The van der Waals surface area contributed by atoms with Gasteiger partial charge in [0, 0.05) is 19.6 Å². The molecule has 20 nitrogen and oxygen atoms in total. The summed E-state index contributed by atoms with van der Waals surface area (Å²) in [5.74, 6) is -10.1. The van der Waals surface area contributed by atoms with Crippen molar-refractivity contribution in [2.45, 2.75) is 18.4 Å². The number of hydrogen-bond acceptors (Lipinski definition) is 12. The quantitative estimate of drug-likeness (QED) is 0.0485. The van der Waals surface area contributed by atoms with Gasteiger partial charge >= 0.3 is 136 Å². The Morgan fingerprint density at radius 1 is 0.465 bits per heavy atom. The van der Waals surface area contributed by atoms with E-state index in [9.17, 15) is 38.4 Å². The van der Waals surface area contributed by atoms with Gasteiger partial charge in [0.2, 0.25) is 0 Å². The molecule has 0 fully saturated rings. The molecule has 0 saturated heterocycles. The van der Waals surface area contributed by atoms with Crippen LogP contribution < -0.4 is 10.6 Å². The molecule has 43 heavy (non-hydrogen) atoms. The van der Waals surface area contributed by atoms with Gasteiger partial charge in [0.25, 0.3) is 0 Å². The SMILES string of the molecule is O=C(O)CN(CCN(CC(=O)O)CC(=O)O)CC(=O)O.O=C(O)CNCC(CC(=O)O)(CC(=O)O)NCC(=O)O.[NaH].[NaH].[NaH]. The molecule has 0 spiro atoms. The van der Waals surface area contributed by atoms with Crippen molar-refractivity contribution in [3.8, 4) is 0 Å². The molecule has 0 radical (unpaired) electrons. The predicted molar refractivity (Wildman–Crippen MR) is 148 cm³/mol. The van der Waals surface area contributed by atoms with Crippen LogP contribution in [0.3, 0.4) is 0 Å². The average Bonchev–Trinajstić information content (AvgIpc) is 2.73. The number of carboxylic acid groups (broad SMARTS) is 8. The summed E-state index contributed by atoms with van der Waals surface area (Å²) >= 11 is 0. The third-order valence-electron chi connectivity index (χ3n) is 4.50. The third kappa shape index (κ3) is 33.3. The Morgan fingerprint density at radius 2 is 0.767 bits per heavy atom. The van der Waals surface area contributed by atoms with Gasteiger partial charge in [-0.15, -0.1) is 0 Å². The molecule has 0 bridgehead atoms. The Labute approximate surface area is 310 Å². The fourth-order valence-electron chi connectivity index (χ4n) is 3.10. The van der Waals surface area contributed by atoms with Gasteiger partial charge < -0.3 is 46.2 Å². The average molecular weight is 656 g/mol. The summed E-state index contributed by atoms with van der Waals surface area (Å²) in [6.45, 7) is -3.71. The zero-order chi connectivity index (χ0) is 31.5. The first kappa shape index (κ1) is 51.2. The van der Waals surface area contributed by atoms with Crippen LogP contribution >= 0.6 is 0 Å². The van der Waals surface area contributed by atoms with E-state index in [0.717, 1.165) is 9.80 Å². The second kappa shape index (κ2) is 28.1. The topological polar surface area (TPSA) is 329 Å². The molecule has 10 N–H and O–H groups in total. The zero-order valence-corrected chi connectivity index (χ0v) is 21.0. The number of hydrogen-bond donors (Lipinski definition) is 10. The van der Waals surface area contributed by atoms with E-state index in [-0.39, 0.29) is 108 Å². The van der Waals surface area contributed by atoms with Gasteiger partial charge in [-0.1, -0.05) is 0 Å². The molecule has 0 aromatic carbocycles. The monoisotopic (exact) mass is 656 g/mol. The van der Waals surface area contributed by atoms with Crippen molar-refractivity contribution in [3.63, 3.8) is 0 Å². The summed E-state index contributed by atoms with van der Waals surface area (Å²) in [7, 11) is 0. The molecule has 0 unspecified atom stereocenters. The molecule has 0 saturated carbocycles. The Bertz CT molecular complexity index is 856. The minimum absolute atomic E-state index is 0. The van der Waals surface area contributed by atoms with Gasteiger partial charge in [-0.05, 0) is 0 Å². The van der Waals surface area contributed by atoms with Gasteiger partial charge in [0.05, 0.1) is 57.6 Å². The number of rotatable bonds is 22. The van der Waals surface area contributed by atoms with Crippen molar-refractivity contribution in [2.24, 2.45) is 0 Å². The first-order valence-corrected chi connectivity index (χ1v) is 11.0. The molecule has 0 rings (SSSR count). The van der Waals surface area contributed by atoms with Crippen molar-refractivity contribution >= 4 is 136 Å². The van der Waals surface area contributed by atoms with Crippen LogP contribution in [0.5, 0.6) is 0 Å². The Kier molecular flexibility index (Phi) is 33.5. The van der Waals surface area contributed by atoms with E-state index in [1.54, 1.807) is 0 Å². The predicted octanol–water partition coefficient (Wildman–Crippen LogP) is -5.99. The summed E-state index contributed by atoms with van der Waals surface area (Å²) in [5.41, 5.74) is -1.59. The zero-order valence-electron chi connectivity index (χ0n) is 21.0. The summed E-state index contributed by atoms with van der Waals surface area (Å²) in [5, 5.41) is 73.9. The number of carboxylic acids is 8. The van der Waals surface area contributed by atoms with E-state index in [0.29, 0.717) is 0 Å². The molecule has 23 heteroatoms. The third-order valence-corrected chi connectivity index (χ3v) is 4.50. The van der Waals surface area contributed by atoms with Crippen molar-refractivity contribution in [3.05, 3.63) is 0 Å². The van der Waals surface area contributed by atoms with Crippen LogP contribution in [0.15, 0.2) is 0 Å². The van der Waals surface area contributed by atoms with Crippen molar-refractivity contribution in [2.75, 3.05) is 58.9 Å². The van der Waals surface area contributed by atoms with Crippen LogP contribution in [-0.2, 0) is 38.4 Å². The molecule has 0 aliphatic heterocycles. The number of nitrogens with zero attached hydrogens (tertiary/aromatic N) is 2. The molecule has 0 aliphatic carbocycles. The van der Waals surface area contributed by atoms with Crippen molar-refractivity contribution in [1.82, 2.24) is 20.4 Å². The van der Waals surface area contributed by atoms with Gasteiger partial charge in [-0.25, -0.2) is 0 Å². The molecule has 0 aromatic heterocycles. The second-order valence-electron chi connectivity index (χ2n) is 8.16. The van der Waals surface area contributed by atoms with E-state index >= 15 is 0 Å². The van der Waals surface area contributed by atoms with Crippen LogP contribution in [0.2, 0.25) is 0 Å². The van der Waals surface area contributed by atoms with Crippen LogP contribution in [-0.4, -0.2) is 252 Å². The van der Waals surface area contributed by atoms with Gasteiger partial charge in [-0.2, -0.15) is 0 Å². The molecule has 0 amide bonds. The van der Waals surface area contributed by atoms with E-state index < -0.39 is 105 Å². The van der Waals surface area contributed by atoms with Crippen LogP contribution in [0.4, 0.5) is 0 Å². The Morgan fingerprint density at radius 3 is 1.00 bits per heavy atom. The normalized spacial score (nSPS) is 10.1. The molecule has 0 aliphatic rings. The minimum atomic E-state index is -1.59.